The zero-order valence-corrected chi connectivity index (χ0v) is 17.0. The second-order valence-electron chi connectivity index (χ2n) is 7.00. The standard InChI is InChI=1S/C21H31N3O4/c1-4-15(3)23-19(25)12-13-22-20(26)17-10-8-14-24(17)21(27)16-9-6-7-11-18(16)28-5-2/h6-7,9,11,15,17H,4-5,8,10,12-14H2,1-3H3,(H,22,26)(H,23,25). The number of hydrogen-bond acceptors (Lipinski definition) is 4. The van der Waals surface area contributed by atoms with Crippen molar-refractivity contribution >= 4 is 17.7 Å². The van der Waals surface area contributed by atoms with E-state index >= 15 is 0 Å². The van der Waals surface area contributed by atoms with Crippen molar-refractivity contribution in [2.24, 2.45) is 0 Å². The molecule has 1 aliphatic heterocycles. The fourth-order valence-electron chi connectivity index (χ4n) is 3.23. The lowest BCUT2D eigenvalue weighted by atomic mass is 10.1. The Bertz CT molecular complexity index is 692. The van der Waals surface area contributed by atoms with Gasteiger partial charge in [-0.2, -0.15) is 0 Å². The number of ether oxygens (including phenoxy) is 1. The normalized spacial score (nSPS) is 17.1. The number of rotatable bonds is 9. The second-order valence-corrected chi connectivity index (χ2v) is 7.00. The van der Waals surface area contributed by atoms with Crippen molar-refractivity contribution in [2.45, 2.75) is 58.5 Å². The van der Waals surface area contributed by atoms with Gasteiger partial charge in [0, 0.05) is 25.6 Å². The van der Waals surface area contributed by atoms with Gasteiger partial charge in [-0.1, -0.05) is 19.1 Å². The van der Waals surface area contributed by atoms with Gasteiger partial charge in [0.2, 0.25) is 11.8 Å². The van der Waals surface area contributed by atoms with Crippen molar-refractivity contribution in [1.29, 1.82) is 0 Å². The molecule has 0 bridgehead atoms. The van der Waals surface area contributed by atoms with Gasteiger partial charge in [-0.05, 0) is 45.2 Å². The highest BCUT2D eigenvalue weighted by Gasteiger charge is 2.35. The van der Waals surface area contributed by atoms with Gasteiger partial charge in [0.05, 0.1) is 12.2 Å². The maximum atomic E-state index is 13.0. The molecule has 1 aliphatic rings. The molecule has 3 amide bonds. The van der Waals surface area contributed by atoms with Gasteiger partial charge in [0.25, 0.3) is 5.91 Å². The smallest absolute Gasteiger partial charge is 0.258 e. The van der Waals surface area contributed by atoms with E-state index in [4.69, 9.17) is 4.74 Å². The summed E-state index contributed by atoms with van der Waals surface area (Å²) in [6, 6.07) is 6.70. The Morgan fingerprint density at radius 3 is 2.71 bits per heavy atom. The molecule has 1 fully saturated rings. The zero-order chi connectivity index (χ0) is 20.5. The molecule has 2 rings (SSSR count). The first-order valence-electron chi connectivity index (χ1n) is 10.1. The molecule has 0 saturated carbocycles. The van der Waals surface area contributed by atoms with Crippen LogP contribution in [0.1, 0.15) is 56.8 Å². The Balaban J connectivity index is 1.94. The summed E-state index contributed by atoms with van der Waals surface area (Å²) in [7, 11) is 0. The molecular weight excluding hydrogens is 358 g/mol. The van der Waals surface area contributed by atoms with Crippen molar-refractivity contribution in [3.05, 3.63) is 29.8 Å². The number of nitrogens with one attached hydrogen (secondary N) is 2. The topological polar surface area (TPSA) is 87.7 Å². The molecule has 1 heterocycles. The summed E-state index contributed by atoms with van der Waals surface area (Å²) in [6.07, 6.45) is 2.48. The lowest BCUT2D eigenvalue weighted by Gasteiger charge is -2.25. The van der Waals surface area contributed by atoms with E-state index in [1.54, 1.807) is 23.1 Å². The minimum absolute atomic E-state index is 0.0837. The third-order valence-corrected chi connectivity index (χ3v) is 4.90. The van der Waals surface area contributed by atoms with E-state index in [-0.39, 0.29) is 36.7 Å². The number of likely N-dealkylation sites (tertiary alicyclic amines) is 1. The van der Waals surface area contributed by atoms with Crippen molar-refractivity contribution in [2.75, 3.05) is 19.7 Å². The van der Waals surface area contributed by atoms with Crippen LogP contribution in [-0.2, 0) is 9.59 Å². The fourth-order valence-corrected chi connectivity index (χ4v) is 3.23. The maximum Gasteiger partial charge on any atom is 0.258 e. The van der Waals surface area contributed by atoms with Crippen molar-refractivity contribution in [3.8, 4) is 5.75 Å². The predicted molar refractivity (Wildman–Crippen MR) is 107 cm³/mol. The zero-order valence-electron chi connectivity index (χ0n) is 17.0. The van der Waals surface area contributed by atoms with Gasteiger partial charge in [0.15, 0.2) is 0 Å². The molecule has 0 spiro atoms. The van der Waals surface area contributed by atoms with Crippen LogP contribution in [0.2, 0.25) is 0 Å². The van der Waals surface area contributed by atoms with E-state index in [1.165, 1.54) is 0 Å². The molecule has 2 atom stereocenters. The minimum Gasteiger partial charge on any atom is -0.493 e. The van der Waals surface area contributed by atoms with E-state index in [0.717, 1.165) is 12.8 Å². The number of benzene rings is 1. The van der Waals surface area contributed by atoms with Gasteiger partial charge in [-0.15, -0.1) is 0 Å². The molecule has 154 valence electrons. The quantitative estimate of drug-likeness (QED) is 0.677. The second kappa shape index (κ2) is 10.7. The van der Waals surface area contributed by atoms with E-state index in [2.05, 4.69) is 10.6 Å². The molecule has 0 aromatic heterocycles. The van der Waals surface area contributed by atoms with Crippen molar-refractivity contribution in [3.63, 3.8) is 0 Å². The Hall–Kier alpha value is -2.57. The Morgan fingerprint density at radius 1 is 1.25 bits per heavy atom. The Labute approximate surface area is 166 Å². The number of amides is 3. The average Bonchev–Trinajstić information content (AvgIpc) is 3.18. The third-order valence-electron chi connectivity index (χ3n) is 4.90. The molecule has 28 heavy (non-hydrogen) atoms. The highest BCUT2D eigenvalue weighted by atomic mass is 16.5. The summed E-state index contributed by atoms with van der Waals surface area (Å²) in [6.45, 7) is 7.07. The van der Waals surface area contributed by atoms with Crippen LogP contribution in [0.5, 0.6) is 5.75 Å². The van der Waals surface area contributed by atoms with Crippen LogP contribution in [0.3, 0.4) is 0 Å². The summed E-state index contributed by atoms with van der Waals surface area (Å²) < 4.78 is 5.55. The van der Waals surface area contributed by atoms with Crippen LogP contribution in [0.15, 0.2) is 24.3 Å². The molecule has 1 aromatic rings. The fraction of sp³-hybridized carbons (Fsp3) is 0.571. The summed E-state index contributed by atoms with van der Waals surface area (Å²) in [4.78, 5) is 39.0. The van der Waals surface area contributed by atoms with Crippen LogP contribution in [-0.4, -0.2) is 54.4 Å². The van der Waals surface area contributed by atoms with Crippen LogP contribution in [0.4, 0.5) is 0 Å². The number of hydrogen-bond donors (Lipinski definition) is 2. The van der Waals surface area contributed by atoms with Crippen molar-refractivity contribution < 1.29 is 19.1 Å². The van der Waals surface area contributed by atoms with Gasteiger partial charge in [0.1, 0.15) is 11.8 Å². The van der Waals surface area contributed by atoms with Crippen LogP contribution >= 0.6 is 0 Å². The molecule has 0 radical (unpaired) electrons. The van der Waals surface area contributed by atoms with E-state index in [9.17, 15) is 14.4 Å². The van der Waals surface area contributed by atoms with E-state index in [1.807, 2.05) is 26.8 Å². The Morgan fingerprint density at radius 2 is 2.00 bits per heavy atom. The SMILES string of the molecule is CCOc1ccccc1C(=O)N1CCCC1C(=O)NCCC(=O)NC(C)CC. The monoisotopic (exact) mass is 389 g/mol. The lowest BCUT2D eigenvalue weighted by molar-refractivity contribution is -0.125. The molecule has 7 heteroatoms. The molecular formula is C21H31N3O4. The first-order valence-corrected chi connectivity index (χ1v) is 10.1. The number of para-hydroxylation sites is 1. The third kappa shape index (κ3) is 5.71. The molecule has 1 saturated heterocycles. The van der Waals surface area contributed by atoms with Gasteiger partial charge < -0.3 is 20.3 Å². The molecule has 7 nitrogen and oxygen atoms in total. The largest absolute Gasteiger partial charge is 0.493 e. The Kier molecular flexibility index (Phi) is 8.29. The minimum atomic E-state index is -0.514. The van der Waals surface area contributed by atoms with Gasteiger partial charge in [-0.3, -0.25) is 14.4 Å². The molecule has 2 unspecified atom stereocenters. The maximum absolute atomic E-state index is 13.0. The predicted octanol–water partition coefficient (Wildman–Crippen LogP) is 2.11. The van der Waals surface area contributed by atoms with Crippen LogP contribution < -0.4 is 15.4 Å². The number of nitrogens with zero attached hydrogens (tertiary/aromatic N) is 1. The lowest BCUT2D eigenvalue weighted by Crippen LogP contribution is -2.46. The highest BCUT2D eigenvalue weighted by Crippen LogP contribution is 2.25. The van der Waals surface area contributed by atoms with Gasteiger partial charge in [-0.25, -0.2) is 0 Å². The summed E-state index contributed by atoms with van der Waals surface area (Å²) in [5.41, 5.74) is 0.469. The summed E-state index contributed by atoms with van der Waals surface area (Å²) in [5.74, 6) is 0.0368. The van der Waals surface area contributed by atoms with Crippen LogP contribution in [0, 0.1) is 0 Å². The number of carbonyl (C=O) groups excluding carboxylic acids is 3. The number of carbonyl (C=O) groups is 3. The molecule has 2 N–H and O–H groups in total. The van der Waals surface area contributed by atoms with Gasteiger partial charge >= 0.3 is 0 Å². The van der Waals surface area contributed by atoms with E-state index < -0.39 is 6.04 Å². The van der Waals surface area contributed by atoms with Crippen LogP contribution in [0.25, 0.3) is 0 Å². The first-order chi connectivity index (χ1) is 13.5. The average molecular weight is 389 g/mol. The first kappa shape index (κ1) is 21.7. The summed E-state index contributed by atoms with van der Waals surface area (Å²) in [5, 5.41) is 5.67. The highest BCUT2D eigenvalue weighted by molar-refractivity contribution is 6.00. The summed E-state index contributed by atoms with van der Waals surface area (Å²) >= 11 is 0. The molecule has 1 aromatic carbocycles. The van der Waals surface area contributed by atoms with Crippen molar-refractivity contribution in [1.82, 2.24) is 15.5 Å². The molecule has 0 aliphatic carbocycles. The van der Waals surface area contributed by atoms with E-state index in [0.29, 0.717) is 30.9 Å².